The number of hydrogen-bond acceptors (Lipinski definition) is 5. The smallest absolute Gasteiger partial charge is 0.261 e. The van der Waals surface area contributed by atoms with Crippen LogP contribution in [0.4, 0.5) is 0 Å². The van der Waals surface area contributed by atoms with Crippen molar-refractivity contribution in [2.24, 2.45) is 5.41 Å². The topological polar surface area (TPSA) is 57.9 Å². The van der Waals surface area contributed by atoms with Crippen LogP contribution >= 0.6 is 0 Å². The highest BCUT2D eigenvalue weighted by Gasteiger charge is 2.58. The molecular weight excluding hydrogens is 540 g/mol. The summed E-state index contributed by atoms with van der Waals surface area (Å²) < 4.78 is 25.0. The van der Waals surface area contributed by atoms with Crippen molar-refractivity contribution in [3.63, 3.8) is 0 Å². The zero-order valence-corrected chi connectivity index (χ0v) is 26.6. The number of hydrogen-bond donors (Lipinski definition) is 0. The standard InChI is InChI=1S/C36H42O5Si/c1-26-21-32(31-22-36(31,5)34(23-37)39-24-27-17-19-28(38-6)20-18-27)41-33(26)25-40-42(35(2,3)4,29-13-9-7-10-14-29)30-15-11-8-12-16-30/h7-21,23,31,34H,22,24-25H2,1-6H3/t31-,34+,36+/m0/s1. The van der Waals surface area contributed by atoms with E-state index in [0.29, 0.717) is 13.2 Å². The van der Waals surface area contributed by atoms with E-state index >= 15 is 0 Å². The van der Waals surface area contributed by atoms with Crippen LogP contribution in [0.15, 0.2) is 95.4 Å². The third-order valence-corrected chi connectivity index (χ3v) is 13.8. The molecule has 1 heterocycles. The fraction of sp³-hybridized carbons (Fsp3) is 0.361. The molecule has 0 spiro atoms. The van der Waals surface area contributed by atoms with Crippen molar-refractivity contribution in [1.82, 2.24) is 0 Å². The number of methoxy groups -OCH3 is 1. The predicted molar refractivity (Wildman–Crippen MR) is 169 cm³/mol. The van der Waals surface area contributed by atoms with Gasteiger partial charge < -0.3 is 23.1 Å². The summed E-state index contributed by atoms with van der Waals surface area (Å²) in [5.41, 5.74) is 1.76. The van der Waals surface area contributed by atoms with Crippen LogP contribution in [0.3, 0.4) is 0 Å². The molecule has 3 atom stereocenters. The zero-order valence-electron chi connectivity index (χ0n) is 25.6. The number of ether oxygens (including phenoxy) is 2. The Hall–Kier alpha value is -3.45. The van der Waals surface area contributed by atoms with E-state index in [-0.39, 0.29) is 16.4 Å². The molecule has 3 aromatic carbocycles. The molecule has 0 N–H and O–H groups in total. The molecule has 42 heavy (non-hydrogen) atoms. The minimum absolute atomic E-state index is 0.115. The number of aryl methyl sites for hydroxylation is 1. The molecule has 5 rings (SSSR count). The second-order valence-electron chi connectivity index (χ2n) is 12.7. The SMILES string of the molecule is COc1ccc(CO[C@H](C=O)[C@]2(C)C[C@H]2c2cc(C)c(CO[Si](c3ccccc3)(c3ccccc3)C(C)(C)C)o2)cc1. The number of benzene rings is 3. The second kappa shape index (κ2) is 12.0. The van der Waals surface area contributed by atoms with E-state index in [1.54, 1.807) is 7.11 Å². The number of carbonyl (C=O) groups excluding carboxylic acids is 1. The average Bonchev–Trinajstić information content (AvgIpc) is 3.55. The van der Waals surface area contributed by atoms with Crippen LogP contribution in [0.25, 0.3) is 0 Å². The van der Waals surface area contributed by atoms with Crippen molar-refractivity contribution in [3.05, 3.63) is 114 Å². The average molecular weight is 583 g/mol. The number of carbonyl (C=O) groups is 1. The Morgan fingerprint density at radius 1 is 0.952 bits per heavy atom. The first-order chi connectivity index (χ1) is 20.1. The number of aldehydes is 1. The highest BCUT2D eigenvalue weighted by molar-refractivity contribution is 6.99. The van der Waals surface area contributed by atoms with Crippen molar-refractivity contribution in [3.8, 4) is 5.75 Å². The Morgan fingerprint density at radius 3 is 2.07 bits per heavy atom. The van der Waals surface area contributed by atoms with Crippen molar-refractivity contribution in [2.45, 2.75) is 71.3 Å². The van der Waals surface area contributed by atoms with E-state index in [2.05, 4.69) is 101 Å². The molecular formula is C36H42O5Si. The van der Waals surface area contributed by atoms with Gasteiger partial charge in [-0.3, -0.25) is 0 Å². The maximum atomic E-state index is 12.1. The van der Waals surface area contributed by atoms with E-state index in [4.69, 9.17) is 18.3 Å². The first kappa shape index (κ1) is 30.0. The molecule has 0 unspecified atom stereocenters. The van der Waals surface area contributed by atoms with Crippen LogP contribution in [0.1, 0.15) is 62.7 Å². The number of furan rings is 1. The van der Waals surface area contributed by atoms with E-state index in [0.717, 1.165) is 41.1 Å². The zero-order chi connectivity index (χ0) is 30.0. The molecule has 0 saturated heterocycles. The van der Waals surface area contributed by atoms with Crippen LogP contribution < -0.4 is 15.1 Å². The minimum atomic E-state index is -2.69. The van der Waals surface area contributed by atoms with Gasteiger partial charge in [0, 0.05) is 11.3 Å². The normalized spacial score (nSPS) is 19.3. The molecule has 0 bridgehead atoms. The summed E-state index contributed by atoms with van der Waals surface area (Å²) in [6.45, 7) is 11.8. The fourth-order valence-electron chi connectivity index (χ4n) is 6.21. The predicted octanol–water partition coefficient (Wildman–Crippen LogP) is 6.95. The third-order valence-electron chi connectivity index (χ3n) is 8.86. The van der Waals surface area contributed by atoms with Crippen molar-refractivity contribution in [1.29, 1.82) is 0 Å². The van der Waals surface area contributed by atoms with Gasteiger partial charge in [-0.25, -0.2) is 0 Å². The van der Waals surface area contributed by atoms with Crippen molar-refractivity contribution < 1.29 is 23.1 Å². The molecule has 1 saturated carbocycles. The van der Waals surface area contributed by atoms with E-state index in [1.165, 1.54) is 10.4 Å². The molecule has 1 fully saturated rings. The largest absolute Gasteiger partial charge is 0.497 e. The minimum Gasteiger partial charge on any atom is -0.497 e. The van der Waals surface area contributed by atoms with Gasteiger partial charge in [-0.1, -0.05) is 100 Å². The van der Waals surface area contributed by atoms with Gasteiger partial charge in [0.05, 0.1) is 20.3 Å². The van der Waals surface area contributed by atoms with Gasteiger partial charge in [0.2, 0.25) is 0 Å². The van der Waals surface area contributed by atoms with Gasteiger partial charge in [0.15, 0.2) is 0 Å². The molecule has 220 valence electrons. The molecule has 0 amide bonds. The molecule has 0 aliphatic heterocycles. The Balaban J connectivity index is 1.34. The molecule has 0 radical (unpaired) electrons. The first-order valence-electron chi connectivity index (χ1n) is 14.7. The lowest BCUT2D eigenvalue weighted by Gasteiger charge is -2.42. The summed E-state index contributed by atoms with van der Waals surface area (Å²) >= 11 is 0. The third kappa shape index (κ3) is 5.76. The van der Waals surface area contributed by atoms with Crippen LogP contribution in [0, 0.1) is 12.3 Å². The van der Waals surface area contributed by atoms with Gasteiger partial charge in [-0.2, -0.15) is 0 Å². The van der Waals surface area contributed by atoms with Gasteiger partial charge in [0.25, 0.3) is 8.32 Å². The summed E-state index contributed by atoms with van der Waals surface area (Å²) in [5, 5.41) is 2.36. The lowest BCUT2D eigenvalue weighted by atomic mass is 9.98. The van der Waals surface area contributed by atoms with Gasteiger partial charge in [-0.15, -0.1) is 0 Å². The number of rotatable bonds is 12. The summed E-state index contributed by atoms with van der Waals surface area (Å²) in [6, 6.07) is 31.1. The maximum absolute atomic E-state index is 12.1. The second-order valence-corrected chi connectivity index (χ2v) is 17.0. The molecule has 1 aliphatic rings. The van der Waals surface area contributed by atoms with Gasteiger partial charge in [0.1, 0.15) is 29.7 Å². The molecule has 5 nitrogen and oxygen atoms in total. The van der Waals surface area contributed by atoms with Crippen LogP contribution in [0.2, 0.25) is 5.04 Å². The van der Waals surface area contributed by atoms with Gasteiger partial charge in [-0.05, 0) is 58.1 Å². The summed E-state index contributed by atoms with van der Waals surface area (Å²) in [4.78, 5) is 12.1. The Morgan fingerprint density at radius 2 is 1.55 bits per heavy atom. The highest BCUT2D eigenvalue weighted by atomic mass is 28.4. The monoisotopic (exact) mass is 582 g/mol. The fourth-order valence-corrected chi connectivity index (χ4v) is 10.7. The van der Waals surface area contributed by atoms with Crippen molar-refractivity contribution >= 4 is 25.0 Å². The quantitative estimate of drug-likeness (QED) is 0.134. The van der Waals surface area contributed by atoms with Crippen LogP contribution in [-0.2, 0) is 27.2 Å². The summed E-state index contributed by atoms with van der Waals surface area (Å²) in [6.07, 6.45) is 1.25. The summed E-state index contributed by atoms with van der Waals surface area (Å²) in [7, 11) is -1.05. The van der Waals surface area contributed by atoms with E-state index < -0.39 is 14.4 Å². The summed E-state index contributed by atoms with van der Waals surface area (Å²) in [5.74, 6) is 2.65. The van der Waals surface area contributed by atoms with Crippen LogP contribution in [0.5, 0.6) is 5.75 Å². The highest BCUT2D eigenvalue weighted by Crippen LogP contribution is 2.62. The molecule has 1 aromatic heterocycles. The van der Waals surface area contributed by atoms with E-state index in [9.17, 15) is 4.79 Å². The van der Waals surface area contributed by atoms with Gasteiger partial charge >= 0.3 is 0 Å². The lowest BCUT2D eigenvalue weighted by molar-refractivity contribution is -0.123. The molecule has 4 aromatic rings. The lowest BCUT2D eigenvalue weighted by Crippen LogP contribution is -2.66. The molecule has 1 aliphatic carbocycles. The first-order valence-corrected chi connectivity index (χ1v) is 16.6. The van der Waals surface area contributed by atoms with Crippen molar-refractivity contribution in [2.75, 3.05) is 7.11 Å². The Labute approximate surface area is 251 Å². The maximum Gasteiger partial charge on any atom is 0.261 e. The van der Waals surface area contributed by atoms with E-state index in [1.807, 2.05) is 24.3 Å². The Bertz CT molecular complexity index is 1430. The van der Waals surface area contributed by atoms with Crippen LogP contribution in [-0.4, -0.2) is 27.8 Å². The Kier molecular flexibility index (Phi) is 8.60. The molecule has 6 heteroatoms.